The first-order chi connectivity index (χ1) is 11.5. The number of halogens is 4. The van der Waals surface area contributed by atoms with Gasteiger partial charge < -0.3 is 10.6 Å². The van der Waals surface area contributed by atoms with Crippen LogP contribution in [0.15, 0.2) is 18.2 Å². The van der Waals surface area contributed by atoms with Crippen molar-refractivity contribution >= 4 is 15.7 Å². The summed E-state index contributed by atoms with van der Waals surface area (Å²) in [5.74, 6) is -1.89. The summed E-state index contributed by atoms with van der Waals surface area (Å²) in [7, 11) is -3.77. The molecule has 25 heavy (non-hydrogen) atoms. The predicted molar refractivity (Wildman–Crippen MR) is 82.9 cm³/mol. The van der Waals surface area contributed by atoms with Crippen molar-refractivity contribution in [2.24, 2.45) is 0 Å². The summed E-state index contributed by atoms with van der Waals surface area (Å²) in [6, 6.07) is 2.12. The maximum absolute atomic E-state index is 13.1. The lowest BCUT2D eigenvalue weighted by atomic mass is 9.95. The summed E-state index contributed by atoms with van der Waals surface area (Å²) in [4.78, 5) is 12.5. The zero-order chi connectivity index (χ0) is 18.9. The molecular formula is C15H18F4N2O3S. The Morgan fingerprint density at radius 1 is 1.28 bits per heavy atom. The molecule has 1 aliphatic heterocycles. The second-order valence-corrected chi connectivity index (χ2v) is 8.32. The quantitative estimate of drug-likeness (QED) is 0.777. The molecule has 0 unspecified atom stereocenters. The maximum atomic E-state index is 13.1. The minimum Gasteiger partial charge on any atom is -0.351 e. The normalized spacial score (nSPS) is 18.0. The fraction of sp³-hybridized carbons (Fsp3) is 0.533. The molecule has 0 aliphatic carbocycles. The third-order valence-corrected chi connectivity index (χ3v) is 6.36. The van der Waals surface area contributed by atoms with E-state index in [0.29, 0.717) is 19.2 Å². The topological polar surface area (TPSA) is 75.3 Å². The van der Waals surface area contributed by atoms with Crippen LogP contribution >= 0.6 is 0 Å². The highest BCUT2D eigenvalue weighted by Crippen LogP contribution is 2.33. The number of nitrogens with one attached hydrogen (secondary N) is 2. The molecule has 0 spiro atoms. The fourth-order valence-electron chi connectivity index (χ4n) is 2.90. The van der Waals surface area contributed by atoms with Crippen LogP contribution in [0.3, 0.4) is 0 Å². The summed E-state index contributed by atoms with van der Waals surface area (Å²) in [6.45, 7) is 0.0777. The zero-order valence-electron chi connectivity index (χ0n) is 13.4. The summed E-state index contributed by atoms with van der Waals surface area (Å²) in [5, 5.41) is 5.22. The predicted octanol–water partition coefficient (Wildman–Crippen LogP) is 1.63. The third kappa shape index (κ3) is 4.12. The number of hydrogen-bond acceptors (Lipinski definition) is 4. The van der Waals surface area contributed by atoms with Crippen LogP contribution < -0.4 is 10.6 Å². The van der Waals surface area contributed by atoms with Gasteiger partial charge in [0.05, 0.1) is 5.56 Å². The van der Waals surface area contributed by atoms with Gasteiger partial charge in [-0.1, -0.05) is 6.07 Å². The van der Waals surface area contributed by atoms with E-state index in [9.17, 15) is 30.8 Å². The van der Waals surface area contributed by atoms with Crippen LogP contribution in [0.5, 0.6) is 0 Å². The standard InChI is InChI=1S/C15H18F4N2O3S/c1-25(23,24)14(4-6-20-7-5-14)13(22)21-9-10-2-3-11(16)8-12(10)15(17,18)19/h2-3,8,20H,4-7,9H2,1H3,(H,21,22). The van der Waals surface area contributed by atoms with Crippen molar-refractivity contribution in [1.82, 2.24) is 10.6 Å². The molecule has 5 nitrogen and oxygen atoms in total. The van der Waals surface area contributed by atoms with E-state index in [1.165, 1.54) is 0 Å². The van der Waals surface area contributed by atoms with Crippen molar-refractivity contribution < 1.29 is 30.8 Å². The van der Waals surface area contributed by atoms with Crippen molar-refractivity contribution in [2.75, 3.05) is 19.3 Å². The molecule has 0 aromatic heterocycles. The molecule has 10 heteroatoms. The molecule has 1 heterocycles. The first-order valence-corrected chi connectivity index (χ1v) is 9.41. The average molecular weight is 382 g/mol. The van der Waals surface area contributed by atoms with E-state index in [4.69, 9.17) is 0 Å². The molecule has 0 bridgehead atoms. The van der Waals surface area contributed by atoms with Crippen LogP contribution in [-0.4, -0.2) is 38.4 Å². The van der Waals surface area contributed by atoms with Crippen molar-refractivity contribution in [3.05, 3.63) is 35.1 Å². The first kappa shape index (κ1) is 19.6. The van der Waals surface area contributed by atoms with Crippen LogP contribution in [0.2, 0.25) is 0 Å². The molecule has 0 atom stereocenters. The minimum atomic E-state index is -4.79. The van der Waals surface area contributed by atoms with Gasteiger partial charge in [-0.05, 0) is 43.6 Å². The second kappa shape index (κ2) is 6.91. The molecule has 2 N–H and O–H groups in total. The fourth-order valence-corrected chi connectivity index (χ4v) is 4.25. The van der Waals surface area contributed by atoms with Gasteiger partial charge in [-0.15, -0.1) is 0 Å². The van der Waals surface area contributed by atoms with Crippen LogP contribution in [0.4, 0.5) is 17.6 Å². The lowest BCUT2D eigenvalue weighted by Gasteiger charge is -2.34. The minimum absolute atomic E-state index is 0.0349. The maximum Gasteiger partial charge on any atom is 0.416 e. The highest BCUT2D eigenvalue weighted by atomic mass is 32.2. The lowest BCUT2D eigenvalue weighted by Crippen LogP contribution is -2.57. The zero-order valence-corrected chi connectivity index (χ0v) is 14.2. The Morgan fingerprint density at radius 2 is 1.88 bits per heavy atom. The van der Waals surface area contributed by atoms with Gasteiger partial charge in [0.1, 0.15) is 5.82 Å². The molecule has 1 aromatic rings. The molecule has 140 valence electrons. The Bertz CT molecular complexity index is 757. The van der Waals surface area contributed by atoms with E-state index in [1.807, 2.05) is 0 Å². The average Bonchev–Trinajstić information content (AvgIpc) is 2.52. The van der Waals surface area contributed by atoms with Crippen molar-refractivity contribution in [3.63, 3.8) is 0 Å². The molecule has 1 aliphatic rings. The van der Waals surface area contributed by atoms with E-state index >= 15 is 0 Å². The number of hydrogen-bond donors (Lipinski definition) is 2. The Hall–Kier alpha value is -1.68. The van der Waals surface area contributed by atoms with Gasteiger partial charge in [-0.25, -0.2) is 12.8 Å². The Morgan fingerprint density at radius 3 is 2.40 bits per heavy atom. The first-order valence-electron chi connectivity index (χ1n) is 7.52. The molecule has 1 amide bonds. The molecule has 1 aromatic carbocycles. The van der Waals surface area contributed by atoms with E-state index in [1.54, 1.807) is 0 Å². The van der Waals surface area contributed by atoms with Crippen molar-refractivity contribution in [2.45, 2.75) is 30.3 Å². The summed E-state index contributed by atoms with van der Waals surface area (Å²) >= 11 is 0. The lowest BCUT2D eigenvalue weighted by molar-refractivity contribution is -0.138. The van der Waals surface area contributed by atoms with E-state index in [-0.39, 0.29) is 18.4 Å². The van der Waals surface area contributed by atoms with Gasteiger partial charge in [0.25, 0.3) is 0 Å². The number of sulfone groups is 1. The molecule has 1 fully saturated rings. The Balaban J connectivity index is 2.25. The number of alkyl halides is 3. The summed E-state index contributed by atoms with van der Waals surface area (Å²) < 4.78 is 74.6. The van der Waals surface area contributed by atoms with Crippen LogP contribution in [0, 0.1) is 5.82 Å². The number of rotatable bonds is 4. The molecular weight excluding hydrogens is 364 g/mol. The number of benzene rings is 1. The number of carbonyl (C=O) groups excluding carboxylic acids is 1. The third-order valence-electron chi connectivity index (χ3n) is 4.35. The van der Waals surface area contributed by atoms with Gasteiger partial charge in [0.2, 0.25) is 5.91 Å². The van der Waals surface area contributed by atoms with Gasteiger partial charge in [-0.3, -0.25) is 4.79 Å². The smallest absolute Gasteiger partial charge is 0.351 e. The molecule has 0 radical (unpaired) electrons. The number of amides is 1. The summed E-state index contributed by atoms with van der Waals surface area (Å²) in [6.07, 6.45) is -3.77. The van der Waals surface area contributed by atoms with E-state index in [0.717, 1.165) is 18.4 Å². The van der Waals surface area contributed by atoms with Crippen LogP contribution in [-0.2, 0) is 27.4 Å². The van der Waals surface area contributed by atoms with Gasteiger partial charge >= 0.3 is 6.18 Å². The molecule has 2 rings (SSSR count). The highest BCUT2D eigenvalue weighted by Gasteiger charge is 2.48. The van der Waals surface area contributed by atoms with E-state index in [2.05, 4.69) is 10.6 Å². The molecule has 0 saturated carbocycles. The SMILES string of the molecule is CS(=O)(=O)C1(C(=O)NCc2ccc(F)cc2C(F)(F)F)CCNCC1. The Labute approximate surface area is 142 Å². The van der Waals surface area contributed by atoms with Gasteiger partial charge in [0.15, 0.2) is 14.6 Å². The Kier molecular flexibility index (Phi) is 5.43. The highest BCUT2D eigenvalue weighted by molar-refractivity contribution is 7.92. The van der Waals surface area contributed by atoms with Crippen LogP contribution in [0.1, 0.15) is 24.0 Å². The van der Waals surface area contributed by atoms with Crippen molar-refractivity contribution in [3.8, 4) is 0 Å². The van der Waals surface area contributed by atoms with Crippen molar-refractivity contribution in [1.29, 1.82) is 0 Å². The largest absolute Gasteiger partial charge is 0.416 e. The molecule has 1 saturated heterocycles. The van der Waals surface area contributed by atoms with E-state index < -0.39 is 44.6 Å². The second-order valence-electron chi connectivity index (χ2n) is 6.00. The number of piperidine rings is 1. The monoisotopic (exact) mass is 382 g/mol. The van der Waals surface area contributed by atoms with Gasteiger partial charge in [-0.2, -0.15) is 13.2 Å². The van der Waals surface area contributed by atoms with Crippen LogP contribution in [0.25, 0.3) is 0 Å². The number of carbonyl (C=O) groups is 1. The van der Waals surface area contributed by atoms with Gasteiger partial charge in [0, 0.05) is 12.8 Å². The summed E-state index contributed by atoms with van der Waals surface area (Å²) in [5.41, 5.74) is -1.54.